The smallest absolute Gasteiger partial charge is 0.341 e. The van der Waals surface area contributed by atoms with Crippen molar-refractivity contribution >= 4 is 5.97 Å². The summed E-state index contributed by atoms with van der Waals surface area (Å²) in [4.78, 5) is 20.0. The second-order valence-electron chi connectivity index (χ2n) is 6.04. The number of carbonyl (C=O) groups is 1. The molecule has 1 aliphatic carbocycles. The van der Waals surface area contributed by atoms with Crippen LogP contribution in [-0.2, 0) is 16.6 Å². The predicted molar refractivity (Wildman–Crippen MR) is 83.6 cm³/mol. The maximum atomic E-state index is 14.2. The van der Waals surface area contributed by atoms with Gasteiger partial charge in [0.25, 0.3) is 0 Å². The molecular formula is C18H18F2N2O2. The second kappa shape index (κ2) is 6.63. The van der Waals surface area contributed by atoms with E-state index in [-0.39, 0.29) is 12.2 Å². The summed E-state index contributed by atoms with van der Waals surface area (Å²) in [5.41, 5.74) is 0.396. The van der Waals surface area contributed by atoms with Crippen molar-refractivity contribution in [1.82, 2.24) is 9.97 Å². The van der Waals surface area contributed by atoms with Gasteiger partial charge < -0.3 is 4.74 Å². The first kappa shape index (κ1) is 16.5. The standard InChI is InChI=1S/C18H18F2N2O2/c1-2-24-17(23)12-10-21-16(22-11-12)9-18(6-3-7-18)14-5-4-13(19)8-15(14)20/h4-5,8,10-11H,2-3,6-7,9H2,1H3. The number of ether oxygens (including phenoxy) is 1. The molecule has 1 aromatic carbocycles. The van der Waals surface area contributed by atoms with Crippen molar-refractivity contribution in [3.8, 4) is 0 Å². The Morgan fingerprint density at radius 3 is 2.50 bits per heavy atom. The predicted octanol–water partition coefficient (Wildman–Crippen LogP) is 3.60. The quantitative estimate of drug-likeness (QED) is 0.785. The molecule has 0 saturated heterocycles. The molecule has 126 valence electrons. The van der Waals surface area contributed by atoms with Crippen LogP contribution in [0.2, 0.25) is 0 Å². The van der Waals surface area contributed by atoms with Crippen molar-refractivity contribution in [2.45, 2.75) is 38.0 Å². The van der Waals surface area contributed by atoms with Crippen LogP contribution in [-0.4, -0.2) is 22.5 Å². The van der Waals surface area contributed by atoms with Crippen molar-refractivity contribution in [2.24, 2.45) is 0 Å². The molecule has 1 aromatic heterocycles. The Balaban J connectivity index is 1.81. The average Bonchev–Trinajstić information content (AvgIpc) is 2.52. The van der Waals surface area contributed by atoms with E-state index in [0.717, 1.165) is 25.3 Å². The SMILES string of the molecule is CCOC(=O)c1cnc(CC2(c3ccc(F)cc3F)CCC2)nc1. The van der Waals surface area contributed by atoms with Gasteiger partial charge >= 0.3 is 5.97 Å². The molecule has 1 aliphatic rings. The van der Waals surface area contributed by atoms with E-state index in [2.05, 4.69) is 9.97 Å². The highest BCUT2D eigenvalue weighted by Gasteiger charge is 2.41. The maximum Gasteiger partial charge on any atom is 0.341 e. The van der Waals surface area contributed by atoms with Crippen molar-refractivity contribution in [3.63, 3.8) is 0 Å². The zero-order valence-corrected chi connectivity index (χ0v) is 13.4. The van der Waals surface area contributed by atoms with Crippen molar-refractivity contribution in [3.05, 3.63) is 59.2 Å². The molecular weight excluding hydrogens is 314 g/mol. The molecule has 0 aliphatic heterocycles. The number of rotatable bonds is 5. The Bertz CT molecular complexity index is 743. The molecule has 3 rings (SSSR count). The molecule has 0 unspecified atom stereocenters. The summed E-state index contributed by atoms with van der Waals surface area (Å²) in [5, 5.41) is 0. The molecule has 1 heterocycles. The molecule has 6 heteroatoms. The fraction of sp³-hybridized carbons (Fsp3) is 0.389. The van der Waals surface area contributed by atoms with Crippen LogP contribution in [0.5, 0.6) is 0 Å². The Labute approximate surface area is 138 Å². The minimum absolute atomic E-state index is 0.285. The summed E-state index contributed by atoms with van der Waals surface area (Å²) in [6.07, 6.45) is 5.90. The number of aromatic nitrogens is 2. The molecule has 2 aromatic rings. The van der Waals surface area contributed by atoms with E-state index in [9.17, 15) is 13.6 Å². The van der Waals surface area contributed by atoms with Gasteiger partial charge in [-0.25, -0.2) is 23.5 Å². The highest BCUT2D eigenvalue weighted by atomic mass is 19.1. The van der Waals surface area contributed by atoms with Crippen LogP contribution in [0.25, 0.3) is 0 Å². The van der Waals surface area contributed by atoms with Gasteiger partial charge in [0.15, 0.2) is 0 Å². The van der Waals surface area contributed by atoms with Gasteiger partial charge in [-0.15, -0.1) is 0 Å². The summed E-state index contributed by atoms with van der Waals surface area (Å²) < 4.78 is 32.2. The van der Waals surface area contributed by atoms with Crippen molar-refractivity contribution in [1.29, 1.82) is 0 Å². The molecule has 0 bridgehead atoms. The van der Waals surface area contributed by atoms with Crippen molar-refractivity contribution in [2.75, 3.05) is 6.61 Å². The maximum absolute atomic E-state index is 14.2. The fourth-order valence-electron chi connectivity index (χ4n) is 3.13. The molecule has 0 amide bonds. The molecule has 4 nitrogen and oxygen atoms in total. The molecule has 0 radical (unpaired) electrons. The van der Waals surface area contributed by atoms with Crippen LogP contribution in [0, 0.1) is 11.6 Å². The highest BCUT2D eigenvalue weighted by molar-refractivity contribution is 5.88. The summed E-state index contributed by atoms with van der Waals surface area (Å²) in [7, 11) is 0. The summed E-state index contributed by atoms with van der Waals surface area (Å²) >= 11 is 0. The largest absolute Gasteiger partial charge is 0.462 e. The number of nitrogens with zero attached hydrogens (tertiary/aromatic N) is 2. The van der Waals surface area contributed by atoms with Gasteiger partial charge in [0.1, 0.15) is 17.5 Å². The lowest BCUT2D eigenvalue weighted by molar-refractivity contribution is 0.0525. The number of hydrogen-bond acceptors (Lipinski definition) is 4. The van der Waals surface area contributed by atoms with Gasteiger partial charge in [0, 0.05) is 30.3 Å². The highest BCUT2D eigenvalue weighted by Crippen LogP contribution is 2.46. The number of carbonyl (C=O) groups excluding carboxylic acids is 1. The van der Waals surface area contributed by atoms with Gasteiger partial charge in [0.2, 0.25) is 0 Å². The van der Waals surface area contributed by atoms with Crippen LogP contribution in [0.4, 0.5) is 8.78 Å². The first-order valence-corrected chi connectivity index (χ1v) is 7.98. The third kappa shape index (κ3) is 3.13. The number of halogens is 2. The minimum atomic E-state index is -0.583. The van der Waals surface area contributed by atoms with Crippen LogP contribution in [0.1, 0.15) is 47.9 Å². The van der Waals surface area contributed by atoms with Crippen molar-refractivity contribution < 1.29 is 18.3 Å². The molecule has 1 saturated carbocycles. The first-order chi connectivity index (χ1) is 11.5. The topological polar surface area (TPSA) is 52.1 Å². The Morgan fingerprint density at radius 2 is 1.96 bits per heavy atom. The Hall–Kier alpha value is -2.37. The number of benzene rings is 1. The Kier molecular flexibility index (Phi) is 4.55. The third-order valence-corrected chi connectivity index (χ3v) is 4.53. The van der Waals surface area contributed by atoms with E-state index in [1.54, 1.807) is 6.92 Å². The lowest BCUT2D eigenvalue weighted by atomic mass is 9.62. The monoisotopic (exact) mass is 332 g/mol. The second-order valence-corrected chi connectivity index (χ2v) is 6.04. The third-order valence-electron chi connectivity index (χ3n) is 4.53. The summed E-state index contributed by atoms with van der Waals surface area (Å²) in [6, 6.07) is 3.71. The van der Waals surface area contributed by atoms with E-state index < -0.39 is 23.0 Å². The van der Waals surface area contributed by atoms with E-state index >= 15 is 0 Å². The van der Waals surface area contributed by atoms with Gasteiger partial charge in [-0.2, -0.15) is 0 Å². The lowest BCUT2D eigenvalue weighted by Gasteiger charge is -2.42. The zero-order valence-electron chi connectivity index (χ0n) is 13.4. The lowest BCUT2D eigenvalue weighted by Crippen LogP contribution is -2.38. The molecule has 1 fully saturated rings. The van der Waals surface area contributed by atoms with Gasteiger partial charge in [0.05, 0.1) is 12.2 Å². The first-order valence-electron chi connectivity index (χ1n) is 7.98. The van der Waals surface area contributed by atoms with Gasteiger partial charge in [-0.05, 0) is 31.4 Å². The zero-order chi connectivity index (χ0) is 17.2. The van der Waals surface area contributed by atoms with E-state index in [4.69, 9.17) is 4.74 Å². The van der Waals surface area contributed by atoms with Crippen LogP contribution in [0.3, 0.4) is 0 Å². The summed E-state index contributed by atoms with van der Waals surface area (Å²) in [6.45, 7) is 2.01. The van der Waals surface area contributed by atoms with Gasteiger partial charge in [-0.3, -0.25) is 0 Å². The minimum Gasteiger partial charge on any atom is -0.462 e. The number of esters is 1. The van der Waals surface area contributed by atoms with Crippen LogP contribution < -0.4 is 0 Å². The van der Waals surface area contributed by atoms with E-state index in [1.807, 2.05) is 0 Å². The summed E-state index contributed by atoms with van der Waals surface area (Å²) in [5.74, 6) is -1.04. The molecule has 24 heavy (non-hydrogen) atoms. The van der Waals surface area contributed by atoms with E-state index in [0.29, 0.717) is 17.8 Å². The van der Waals surface area contributed by atoms with Crippen LogP contribution >= 0.6 is 0 Å². The average molecular weight is 332 g/mol. The van der Waals surface area contributed by atoms with Crippen LogP contribution in [0.15, 0.2) is 30.6 Å². The van der Waals surface area contributed by atoms with E-state index in [1.165, 1.54) is 24.5 Å². The normalized spacial score (nSPS) is 15.6. The Morgan fingerprint density at radius 1 is 1.25 bits per heavy atom. The molecule has 0 N–H and O–H groups in total. The fourth-order valence-corrected chi connectivity index (χ4v) is 3.13. The molecule has 0 atom stereocenters. The number of hydrogen-bond donors (Lipinski definition) is 0. The van der Waals surface area contributed by atoms with Gasteiger partial charge in [-0.1, -0.05) is 12.5 Å². The molecule has 0 spiro atoms.